The minimum Gasteiger partial charge on any atom is -0.493 e. The van der Waals surface area contributed by atoms with Gasteiger partial charge >= 0.3 is 6.18 Å². The van der Waals surface area contributed by atoms with Gasteiger partial charge in [-0.05, 0) is 47.9 Å². The lowest BCUT2D eigenvalue weighted by Gasteiger charge is -2.12. The van der Waals surface area contributed by atoms with Crippen molar-refractivity contribution in [2.45, 2.75) is 25.9 Å². The minimum atomic E-state index is -4.31. The molecule has 0 atom stereocenters. The van der Waals surface area contributed by atoms with Crippen molar-refractivity contribution in [1.29, 1.82) is 0 Å². The molecule has 0 saturated heterocycles. The number of aryl methyl sites for hydroxylation is 1. The molecule has 0 spiro atoms. The quantitative estimate of drug-likeness (QED) is 0.484. The summed E-state index contributed by atoms with van der Waals surface area (Å²) in [7, 11) is 0. The second-order valence-electron chi connectivity index (χ2n) is 6.82. The highest BCUT2D eigenvalue weighted by Gasteiger charge is 2.26. The highest BCUT2D eigenvalue weighted by atomic mass is 19.4. The van der Waals surface area contributed by atoms with E-state index in [0.717, 1.165) is 12.0 Å². The third-order valence-electron chi connectivity index (χ3n) is 4.36. The number of ether oxygens (including phenoxy) is 1. The van der Waals surface area contributed by atoms with Crippen LogP contribution in [0, 0.1) is 0 Å². The molecule has 0 heterocycles. The van der Waals surface area contributed by atoms with Crippen LogP contribution in [0.5, 0.6) is 5.75 Å². The first-order chi connectivity index (χ1) is 15.2. The molecular weight excluding hydrogens is 425 g/mol. The van der Waals surface area contributed by atoms with E-state index in [9.17, 15) is 22.8 Å². The number of aliphatic hydroxyl groups is 1. The number of hydrogen-bond acceptors (Lipinski definition) is 4. The number of benzene rings is 2. The van der Waals surface area contributed by atoms with Crippen LogP contribution in [0.2, 0.25) is 0 Å². The third kappa shape index (κ3) is 8.43. The van der Waals surface area contributed by atoms with Gasteiger partial charge in [0.2, 0.25) is 0 Å². The van der Waals surface area contributed by atoms with Crippen molar-refractivity contribution >= 4 is 17.9 Å². The lowest BCUT2D eigenvalue weighted by atomic mass is 10.1. The Kier molecular flexibility index (Phi) is 9.27. The van der Waals surface area contributed by atoms with Crippen LogP contribution in [0.25, 0.3) is 6.08 Å². The Balaban J connectivity index is 2.11. The number of halogens is 3. The monoisotopic (exact) mass is 450 g/mol. The van der Waals surface area contributed by atoms with E-state index in [4.69, 9.17) is 9.84 Å². The molecule has 2 rings (SSSR count). The molecule has 0 bridgehead atoms. The molecular formula is C23H25F3N2O4. The maximum atomic E-state index is 12.6. The second-order valence-corrected chi connectivity index (χ2v) is 6.82. The van der Waals surface area contributed by atoms with E-state index < -0.39 is 31.0 Å². The summed E-state index contributed by atoms with van der Waals surface area (Å²) in [5, 5.41) is 14.0. The van der Waals surface area contributed by atoms with Gasteiger partial charge in [-0.1, -0.05) is 31.2 Å². The summed E-state index contributed by atoms with van der Waals surface area (Å²) in [5.41, 5.74) is 1.99. The van der Waals surface area contributed by atoms with E-state index in [1.54, 1.807) is 0 Å². The van der Waals surface area contributed by atoms with E-state index in [1.807, 2.05) is 31.2 Å². The summed E-state index contributed by atoms with van der Waals surface area (Å²) in [5.74, 6) is -0.959. The zero-order valence-corrected chi connectivity index (χ0v) is 17.5. The first kappa shape index (κ1) is 24.9. The Morgan fingerprint density at radius 2 is 1.72 bits per heavy atom. The number of carbonyl (C=O) groups is 2. The molecule has 3 N–H and O–H groups in total. The summed E-state index contributed by atoms with van der Waals surface area (Å²) in [6, 6.07) is 13.0. The maximum Gasteiger partial charge on any atom is 0.392 e. The highest BCUT2D eigenvalue weighted by Crippen LogP contribution is 2.20. The number of rotatable bonds is 10. The van der Waals surface area contributed by atoms with Gasteiger partial charge in [-0.15, -0.1) is 0 Å². The molecule has 0 fully saturated rings. The van der Waals surface area contributed by atoms with Crippen LogP contribution in [0.4, 0.5) is 13.2 Å². The summed E-state index contributed by atoms with van der Waals surface area (Å²) in [6.07, 6.45) is -3.01. The predicted octanol–water partition coefficient (Wildman–Crippen LogP) is 3.46. The Hall–Kier alpha value is -3.33. The smallest absolute Gasteiger partial charge is 0.392 e. The Morgan fingerprint density at radius 3 is 2.28 bits per heavy atom. The maximum absolute atomic E-state index is 12.6. The molecule has 172 valence electrons. The van der Waals surface area contributed by atoms with Crippen molar-refractivity contribution < 1.29 is 32.6 Å². The van der Waals surface area contributed by atoms with Gasteiger partial charge in [0, 0.05) is 12.1 Å². The molecule has 0 aliphatic rings. The first-order valence-electron chi connectivity index (χ1n) is 10.0. The molecule has 9 heteroatoms. The normalized spacial score (nSPS) is 11.7. The molecule has 32 heavy (non-hydrogen) atoms. The van der Waals surface area contributed by atoms with Crippen LogP contribution in [0.15, 0.2) is 54.2 Å². The molecule has 0 aliphatic heterocycles. The Bertz CT molecular complexity index is 924. The Labute approximate surface area is 184 Å². The largest absolute Gasteiger partial charge is 0.493 e. The van der Waals surface area contributed by atoms with Crippen LogP contribution >= 0.6 is 0 Å². The number of alkyl halides is 3. The number of amides is 2. The number of hydrogen-bond donors (Lipinski definition) is 3. The van der Waals surface area contributed by atoms with Gasteiger partial charge < -0.3 is 20.5 Å². The van der Waals surface area contributed by atoms with Crippen LogP contribution in [0.1, 0.15) is 34.8 Å². The fourth-order valence-electron chi connectivity index (χ4n) is 2.62. The average Bonchev–Trinajstić information content (AvgIpc) is 2.77. The fourth-order valence-corrected chi connectivity index (χ4v) is 2.62. The van der Waals surface area contributed by atoms with Crippen LogP contribution in [-0.4, -0.2) is 42.9 Å². The lowest BCUT2D eigenvalue weighted by Crippen LogP contribution is -2.36. The first-order valence-corrected chi connectivity index (χ1v) is 10.0. The second kappa shape index (κ2) is 11.9. The van der Waals surface area contributed by atoms with Gasteiger partial charge in [-0.3, -0.25) is 9.59 Å². The minimum absolute atomic E-state index is 0.0156. The van der Waals surface area contributed by atoms with E-state index in [-0.39, 0.29) is 30.2 Å². The van der Waals surface area contributed by atoms with Gasteiger partial charge in [0.15, 0.2) is 0 Å². The zero-order valence-electron chi connectivity index (χ0n) is 17.5. The topological polar surface area (TPSA) is 87.7 Å². The van der Waals surface area contributed by atoms with Crippen LogP contribution in [-0.2, 0) is 11.2 Å². The van der Waals surface area contributed by atoms with Crippen molar-refractivity contribution in [3.63, 3.8) is 0 Å². The molecule has 0 aliphatic carbocycles. The fraction of sp³-hybridized carbons (Fsp3) is 0.304. The summed E-state index contributed by atoms with van der Waals surface area (Å²) >= 11 is 0. The number of aliphatic hydroxyl groups excluding tert-OH is 1. The molecule has 2 aromatic carbocycles. The zero-order chi connectivity index (χ0) is 23.6. The van der Waals surface area contributed by atoms with E-state index in [2.05, 4.69) is 10.6 Å². The highest BCUT2D eigenvalue weighted by molar-refractivity contribution is 6.05. The van der Waals surface area contributed by atoms with Crippen molar-refractivity contribution in [2.24, 2.45) is 0 Å². The van der Waals surface area contributed by atoms with Crippen LogP contribution < -0.4 is 15.4 Å². The van der Waals surface area contributed by atoms with Gasteiger partial charge in [0.05, 0.1) is 19.6 Å². The lowest BCUT2D eigenvalue weighted by molar-refractivity contribution is -0.139. The molecule has 0 unspecified atom stereocenters. The van der Waals surface area contributed by atoms with Gasteiger partial charge in [-0.2, -0.15) is 13.2 Å². The summed E-state index contributed by atoms with van der Waals surface area (Å²) in [4.78, 5) is 25.0. The number of nitrogens with one attached hydrogen (secondary N) is 2. The molecule has 2 aromatic rings. The standard InChI is InChI=1S/C23H25F3N2O4/c1-2-16-3-5-17(6-4-16)15-20(22(31)27-12-13-29)28-21(30)18-7-9-19(10-8-18)32-14-11-23(24,25)26/h3-10,15,29H,2,11-14H2,1H3,(H,27,31)(H,28,30)/b20-15+. The summed E-state index contributed by atoms with van der Waals surface area (Å²) < 4.78 is 41.6. The SMILES string of the molecule is CCc1ccc(/C=C(/NC(=O)c2ccc(OCCC(F)(F)F)cc2)C(=O)NCCO)cc1. The van der Waals surface area contributed by atoms with E-state index in [0.29, 0.717) is 5.56 Å². The molecule has 6 nitrogen and oxygen atoms in total. The Morgan fingerprint density at radius 1 is 1.06 bits per heavy atom. The van der Waals surface area contributed by atoms with Gasteiger partial charge in [0.1, 0.15) is 11.4 Å². The molecule has 0 saturated carbocycles. The van der Waals surface area contributed by atoms with Gasteiger partial charge in [-0.25, -0.2) is 0 Å². The van der Waals surface area contributed by atoms with Gasteiger partial charge in [0.25, 0.3) is 11.8 Å². The number of carbonyl (C=O) groups excluding carboxylic acids is 2. The van der Waals surface area contributed by atoms with Crippen molar-refractivity contribution in [3.8, 4) is 5.75 Å². The molecule has 0 radical (unpaired) electrons. The predicted molar refractivity (Wildman–Crippen MR) is 114 cm³/mol. The van der Waals surface area contributed by atoms with Crippen molar-refractivity contribution in [3.05, 3.63) is 70.9 Å². The molecule has 2 amide bonds. The van der Waals surface area contributed by atoms with Crippen molar-refractivity contribution in [1.82, 2.24) is 10.6 Å². The third-order valence-corrected chi connectivity index (χ3v) is 4.36. The van der Waals surface area contributed by atoms with Crippen LogP contribution in [0.3, 0.4) is 0 Å². The average molecular weight is 450 g/mol. The molecule has 0 aromatic heterocycles. The van der Waals surface area contributed by atoms with Crippen molar-refractivity contribution in [2.75, 3.05) is 19.8 Å². The summed E-state index contributed by atoms with van der Waals surface area (Å²) in [6.45, 7) is 1.26. The van der Waals surface area contributed by atoms with E-state index in [1.165, 1.54) is 30.3 Å². The van der Waals surface area contributed by atoms with E-state index >= 15 is 0 Å².